The number of nitrogens with zero attached hydrogens (tertiary/aromatic N) is 2. The average Bonchev–Trinajstić information content (AvgIpc) is 3.44. The zero-order valence-electron chi connectivity index (χ0n) is 18.4. The number of anilines is 3. The summed E-state index contributed by atoms with van der Waals surface area (Å²) < 4.78 is 75.6. The second kappa shape index (κ2) is 9.70. The molecule has 0 unspecified atom stereocenters. The third-order valence-corrected chi connectivity index (χ3v) is 5.85. The second-order valence-corrected chi connectivity index (χ2v) is 9.21. The van der Waals surface area contributed by atoms with E-state index in [4.69, 9.17) is 9.26 Å². The molecule has 0 radical (unpaired) electrons. The highest BCUT2D eigenvalue weighted by Gasteiger charge is 2.26. The lowest BCUT2D eigenvalue weighted by Crippen LogP contribution is -2.21. The molecule has 2 heterocycles. The third-order valence-electron chi connectivity index (χ3n) is 4.88. The number of aryl methyl sites for hydroxylation is 1. The lowest BCUT2D eigenvalue weighted by molar-refractivity contribution is 0.228. The number of halogens is 3. The van der Waals surface area contributed by atoms with Crippen molar-refractivity contribution in [3.05, 3.63) is 71.7 Å². The molecule has 4 rings (SSSR count). The highest BCUT2D eigenvalue weighted by molar-refractivity contribution is 7.93. The van der Waals surface area contributed by atoms with Gasteiger partial charge in [-0.1, -0.05) is 23.4 Å². The van der Waals surface area contributed by atoms with Crippen LogP contribution in [0.3, 0.4) is 0 Å². The van der Waals surface area contributed by atoms with Gasteiger partial charge in [-0.3, -0.25) is 9.82 Å². The summed E-state index contributed by atoms with van der Waals surface area (Å²) in [6.45, 7) is 3.42. The minimum atomic E-state index is -4.95. The Balaban J connectivity index is 1.64. The molecule has 35 heavy (non-hydrogen) atoms. The highest BCUT2D eigenvalue weighted by Crippen LogP contribution is 2.35. The Labute approximate surface area is 198 Å². The number of aromatic amines is 1. The first-order chi connectivity index (χ1) is 16.6. The largest absolute Gasteiger partial charge is 0.484 e. The van der Waals surface area contributed by atoms with Crippen LogP contribution in [0.5, 0.6) is 5.75 Å². The molecule has 0 saturated carbocycles. The molecule has 13 heteroatoms. The first-order valence-corrected chi connectivity index (χ1v) is 11.8. The second-order valence-electron chi connectivity index (χ2n) is 7.55. The summed E-state index contributed by atoms with van der Waals surface area (Å²) >= 11 is 0. The monoisotopic (exact) mass is 507 g/mol. The van der Waals surface area contributed by atoms with Crippen LogP contribution in [0.15, 0.2) is 59.1 Å². The van der Waals surface area contributed by atoms with Crippen molar-refractivity contribution in [1.29, 1.82) is 0 Å². The van der Waals surface area contributed by atoms with E-state index in [2.05, 4.69) is 20.7 Å². The van der Waals surface area contributed by atoms with Crippen molar-refractivity contribution in [3.63, 3.8) is 0 Å². The van der Waals surface area contributed by atoms with E-state index in [1.165, 1.54) is 42.5 Å². The fourth-order valence-corrected chi connectivity index (χ4v) is 3.71. The van der Waals surface area contributed by atoms with Gasteiger partial charge in [-0.2, -0.15) is 13.9 Å². The first kappa shape index (κ1) is 24.1. The van der Waals surface area contributed by atoms with Gasteiger partial charge in [0.05, 0.1) is 17.1 Å². The van der Waals surface area contributed by atoms with Gasteiger partial charge < -0.3 is 14.6 Å². The molecule has 4 aromatic rings. The lowest BCUT2D eigenvalue weighted by atomic mass is 10.1. The van der Waals surface area contributed by atoms with Crippen molar-refractivity contribution in [3.8, 4) is 17.0 Å². The maximum Gasteiger partial charge on any atom is 0.355 e. The van der Waals surface area contributed by atoms with E-state index in [0.29, 0.717) is 34.2 Å². The van der Waals surface area contributed by atoms with Crippen LogP contribution in [0.25, 0.3) is 11.3 Å². The minimum Gasteiger partial charge on any atom is -0.484 e. The molecule has 2 aromatic carbocycles. The molecule has 184 valence electrons. The Morgan fingerprint density at radius 1 is 1.09 bits per heavy atom. The predicted octanol–water partition coefficient (Wildman–Crippen LogP) is 5.36. The van der Waals surface area contributed by atoms with Crippen molar-refractivity contribution in [2.75, 3.05) is 10.0 Å². The Bertz CT molecular complexity index is 1420. The zero-order chi connectivity index (χ0) is 25.2. The molecule has 3 N–H and O–H groups in total. The molecular formula is C22H20F3N5O4S. The number of hydrogen-bond donors (Lipinski definition) is 3. The highest BCUT2D eigenvalue weighted by atomic mass is 32.2. The summed E-state index contributed by atoms with van der Waals surface area (Å²) in [5.74, 6) is -3.28. The Kier molecular flexibility index (Phi) is 6.69. The normalized spacial score (nSPS) is 12.5. The summed E-state index contributed by atoms with van der Waals surface area (Å²) in [4.78, 5) is 0. The number of sulfonamides is 1. The van der Waals surface area contributed by atoms with Gasteiger partial charge in [-0.05, 0) is 43.7 Å². The first-order valence-electron chi connectivity index (χ1n) is 10.2. The van der Waals surface area contributed by atoms with Crippen LogP contribution in [0.2, 0.25) is 0 Å². The smallest absolute Gasteiger partial charge is 0.355 e. The van der Waals surface area contributed by atoms with Crippen molar-refractivity contribution in [2.24, 2.45) is 0 Å². The fourth-order valence-electron chi connectivity index (χ4n) is 3.14. The van der Waals surface area contributed by atoms with Crippen LogP contribution in [-0.4, -0.2) is 29.5 Å². The number of rotatable bonds is 9. The topological polar surface area (TPSA) is 122 Å². The summed E-state index contributed by atoms with van der Waals surface area (Å²) in [6, 6.07) is 13.1. The minimum absolute atomic E-state index is 0.0153. The van der Waals surface area contributed by atoms with Crippen molar-refractivity contribution < 1.29 is 30.8 Å². The van der Waals surface area contributed by atoms with Crippen LogP contribution in [0.1, 0.15) is 24.3 Å². The van der Waals surface area contributed by atoms with E-state index in [0.717, 1.165) is 0 Å². The number of alkyl halides is 2. The van der Waals surface area contributed by atoms with Gasteiger partial charge in [0.15, 0.2) is 5.82 Å². The quantitative estimate of drug-likeness (QED) is 0.279. The molecule has 0 aliphatic carbocycles. The predicted molar refractivity (Wildman–Crippen MR) is 123 cm³/mol. The van der Waals surface area contributed by atoms with Gasteiger partial charge in [0.1, 0.15) is 17.7 Å². The van der Waals surface area contributed by atoms with Gasteiger partial charge in [0.2, 0.25) is 5.88 Å². The molecule has 0 amide bonds. The van der Waals surface area contributed by atoms with E-state index in [-0.39, 0.29) is 11.4 Å². The van der Waals surface area contributed by atoms with E-state index < -0.39 is 27.7 Å². The number of aromatic nitrogens is 3. The molecule has 0 aliphatic rings. The zero-order valence-corrected chi connectivity index (χ0v) is 19.2. The number of ether oxygens (including phenoxy) is 1. The summed E-state index contributed by atoms with van der Waals surface area (Å²) in [6.07, 6.45) is -0.658. The van der Waals surface area contributed by atoms with E-state index >= 15 is 0 Å². The average molecular weight is 507 g/mol. The van der Waals surface area contributed by atoms with E-state index in [1.807, 2.05) is 4.72 Å². The van der Waals surface area contributed by atoms with Crippen LogP contribution in [-0.2, 0) is 10.0 Å². The molecule has 0 aliphatic heterocycles. The van der Waals surface area contributed by atoms with Crippen LogP contribution >= 0.6 is 0 Å². The van der Waals surface area contributed by atoms with Crippen LogP contribution < -0.4 is 14.8 Å². The molecule has 0 bridgehead atoms. The van der Waals surface area contributed by atoms with E-state index in [1.54, 1.807) is 26.0 Å². The summed E-state index contributed by atoms with van der Waals surface area (Å²) in [5.41, 5.74) is 2.14. The third kappa shape index (κ3) is 5.74. The molecule has 1 atom stereocenters. The summed E-state index contributed by atoms with van der Waals surface area (Å²) in [5, 5.41) is 13.7. The van der Waals surface area contributed by atoms with Crippen molar-refractivity contribution >= 4 is 27.4 Å². The maximum absolute atomic E-state index is 13.3. The molecule has 0 saturated heterocycles. The Morgan fingerprint density at radius 2 is 1.83 bits per heavy atom. The fraction of sp³-hybridized carbons (Fsp3) is 0.182. The molecule has 2 aromatic heterocycles. The van der Waals surface area contributed by atoms with Crippen LogP contribution in [0.4, 0.5) is 30.6 Å². The maximum atomic E-state index is 13.3. The molecular weight excluding hydrogens is 487 g/mol. The van der Waals surface area contributed by atoms with Gasteiger partial charge in [-0.25, -0.2) is 12.8 Å². The number of hydrogen-bond acceptors (Lipinski definition) is 7. The van der Waals surface area contributed by atoms with Gasteiger partial charge in [0.25, 0.3) is 10.0 Å². The van der Waals surface area contributed by atoms with Gasteiger partial charge in [-0.15, -0.1) is 0 Å². The Morgan fingerprint density at radius 3 is 2.49 bits per heavy atom. The number of benzene rings is 2. The lowest BCUT2D eigenvalue weighted by Gasteiger charge is -2.19. The number of nitrogens with one attached hydrogen (secondary N) is 3. The summed E-state index contributed by atoms with van der Waals surface area (Å²) in [7, 11) is -4.95. The van der Waals surface area contributed by atoms with Gasteiger partial charge >= 0.3 is 5.76 Å². The molecule has 0 fully saturated rings. The van der Waals surface area contributed by atoms with Crippen LogP contribution in [0, 0.1) is 12.7 Å². The van der Waals surface area contributed by atoms with Crippen molar-refractivity contribution in [1.82, 2.24) is 15.4 Å². The standard InChI is InChI=1S/C22H20F3N5O4S/c1-12-9-21(34-29-12)26-20-11-18(27-28-20)15-5-8-17(30-35(31,32)22(24)25)19(10-15)33-13(2)14-3-6-16(23)7-4-14/h3-11,13,22,30H,1-2H3,(H2,26,27,28)/t13-/m0/s1. The van der Waals surface area contributed by atoms with E-state index in [9.17, 15) is 21.6 Å². The SMILES string of the molecule is Cc1cc(Nc2cc(-c3ccc(NS(=O)(=O)C(F)F)c(O[C@@H](C)c4ccc(F)cc4)c3)[nH]n2)on1. The Hall–Kier alpha value is -4.00. The number of H-pyrrole nitrogens is 1. The van der Waals surface area contributed by atoms with Crippen molar-refractivity contribution in [2.45, 2.75) is 25.7 Å². The van der Waals surface area contributed by atoms with Gasteiger partial charge in [0, 0.05) is 17.7 Å². The molecule has 9 nitrogen and oxygen atoms in total. The molecule has 0 spiro atoms.